The smallest absolute Gasteiger partial charge is 0.242 e. The molecule has 1 aromatic carbocycles. The molecule has 0 radical (unpaired) electrons. The number of amides is 2. The Hall–Kier alpha value is -1.73. The zero-order valence-corrected chi connectivity index (χ0v) is 20.7. The van der Waals surface area contributed by atoms with Crippen molar-refractivity contribution in [2.45, 2.75) is 70.6 Å². The lowest BCUT2D eigenvalue weighted by atomic mass is 9.91. The van der Waals surface area contributed by atoms with Gasteiger partial charge in [-0.25, -0.2) is 0 Å². The van der Waals surface area contributed by atoms with Crippen LogP contribution in [0.15, 0.2) is 30.3 Å². The van der Waals surface area contributed by atoms with Gasteiger partial charge in [-0.1, -0.05) is 63.4 Å². The van der Waals surface area contributed by atoms with E-state index in [0.717, 1.165) is 31.2 Å². The number of benzene rings is 1. The van der Waals surface area contributed by atoms with E-state index in [1.807, 2.05) is 30.3 Å². The highest BCUT2D eigenvalue weighted by Gasteiger charge is 2.30. The molecule has 0 saturated heterocycles. The summed E-state index contributed by atoms with van der Waals surface area (Å²) in [7, 11) is -3.48. The molecule has 0 spiro atoms. The molecular weight excluding hydrogens is 441 g/mol. The first-order valence-electron chi connectivity index (χ1n) is 11.9. The number of aliphatic hydroxyl groups is 1. The molecule has 186 valence electrons. The van der Waals surface area contributed by atoms with Crippen molar-refractivity contribution in [3.63, 3.8) is 0 Å². The van der Waals surface area contributed by atoms with Crippen molar-refractivity contribution in [3.8, 4) is 0 Å². The maximum absolute atomic E-state index is 12.7. The van der Waals surface area contributed by atoms with Gasteiger partial charge < -0.3 is 26.4 Å². The lowest BCUT2D eigenvalue weighted by Gasteiger charge is -2.26. The van der Waals surface area contributed by atoms with Crippen molar-refractivity contribution in [3.05, 3.63) is 35.9 Å². The van der Waals surface area contributed by atoms with Crippen LogP contribution >= 0.6 is 7.37 Å². The standard InChI is InChI=1S/C24H40N3O5P/c1-17(2)22(27-23(29)21(25)13-18-9-5-3-6-10-18)24(30)26-14-20(28)16-33(31,32)15-19-11-7-4-8-12-19/h3,5-6,9-10,17,19-22,28H,4,7-8,11-16,25H2,1-2H3,(H,26,30)(H,27,29)(H,31,32)/t20-,21+,22-/m1/s1. The van der Waals surface area contributed by atoms with Crippen LogP contribution in [0, 0.1) is 11.8 Å². The molecular formula is C24H40N3O5P. The molecule has 1 aliphatic carbocycles. The fourth-order valence-corrected chi connectivity index (χ4v) is 6.43. The first kappa shape index (κ1) is 27.5. The van der Waals surface area contributed by atoms with Gasteiger partial charge in [-0.05, 0) is 36.7 Å². The van der Waals surface area contributed by atoms with Gasteiger partial charge in [0.15, 0.2) is 0 Å². The Balaban J connectivity index is 1.82. The number of carbonyl (C=O) groups excluding carboxylic acids is 2. The Labute approximate surface area is 197 Å². The van der Waals surface area contributed by atoms with E-state index < -0.39 is 37.4 Å². The Bertz CT molecular complexity index is 799. The van der Waals surface area contributed by atoms with Crippen LogP contribution in [-0.4, -0.2) is 58.9 Å². The predicted octanol–water partition coefficient (Wildman–Crippen LogP) is 2.02. The first-order chi connectivity index (χ1) is 15.6. The third kappa shape index (κ3) is 9.97. The van der Waals surface area contributed by atoms with Gasteiger partial charge in [0.25, 0.3) is 0 Å². The molecule has 8 nitrogen and oxygen atoms in total. The Kier molecular flexibility index (Phi) is 11.0. The maximum atomic E-state index is 12.7. The van der Waals surface area contributed by atoms with Crippen molar-refractivity contribution in [2.24, 2.45) is 17.6 Å². The highest BCUT2D eigenvalue weighted by molar-refractivity contribution is 7.58. The van der Waals surface area contributed by atoms with E-state index in [4.69, 9.17) is 5.73 Å². The van der Waals surface area contributed by atoms with Crippen molar-refractivity contribution >= 4 is 19.2 Å². The first-order valence-corrected chi connectivity index (χ1v) is 14.0. The average Bonchev–Trinajstić information content (AvgIpc) is 2.76. The zero-order valence-electron chi connectivity index (χ0n) is 19.8. The van der Waals surface area contributed by atoms with Gasteiger partial charge in [0, 0.05) is 12.7 Å². The van der Waals surface area contributed by atoms with Crippen molar-refractivity contribution < 1.29 is 24.2 Å². The van der Waals surface area contributed by atoms with Gasteiger partial charge in [-0.2, -0.15) is 0 Å². The van der Waals surface area contributed by atoms with Crippen LogP contribution in [0.5, 0.6) is 0 Å². The van der Waals surface area contributed by atoms with Crippen molar-refractivity contribution in [2.75, 3.05) is 18.9 Å². The molecule has 9 heteroatoms. The fraction of sp³-hybridized carbons (Fsp3) is 0.667. The molecule has 1 aromatic rings. The molecule has 0 heterocycles. The molecule has 4 atom stereocenters. The number of nitrogens with two attached hydrogens (primary N) is 1. The van der Waals surface area contributed by atoms with Crippen LogP contribution in [0.3, 0.4) is 0 Å². The second-order valence-corrected chi connectivity index (χ2v) is 12.1. The Morgan fingerprint density at radius 3 is 2.36 bits per heavy atom. The van der Waals surface area contributed by atoms with Crippen molar-refractivity contribution in [1.29, 1.82) is 0 Å². The molecule has 33 heavy (non-hydrogen) atoms. The van der Waals surface area contributed by atoms with E-state index in [-0.39, 0.29) is 30.7 Å². The summed E-state index contributed by atoms with van der Waals surface area (Å²) < 4.78 is 12.6. The van der Waals surface area contributed by atoms with E-state index in [0.29, 0.717) is 6.42 Å². The summed E-state index contributed by atoms with van der Waals surface area (Å²) in [5, 5.41) is 15.6. The van der Waals surface area contributed by atoms with Crippen LogP contribution in [0.25, 0.3) is 0 Å². The van der Waals surface area contributed by atoms with E-state index in [2.05, 4.69) is 10.6 Å². The van der Waals surface area contributed by atoms with Crippen LogP contribution in [0.2, 0.25) is 0 Å². The molecule has 1 aliphatic rings. The Morgan fingerprint density at radius 2 is 1.76 bits per heavy atom. The molecule has 2 amide bonds. The lowest BCUT2D eigenvalue weighted by molar-refractivity contribution is -0.130. The predicted molar refractivity (Wildman–Crippen MR) is 130 cm³/mol. The largest absolute Gasteiger partial charge is 0.391 e. The summed E-state index contributed by atoms with van der Waals surface area (Å²) in [6, 6.07) is 7.77. The molecule has 1 fully saturated rings. The van der Waals surface area contributed by atoms with Crippen LogP contribution in [0.1, 0.15) is 51.5 Å². The second-order valence-electron chi connectivity index (χ2n) is 9.64. The van der Waals surface area contributed by atoms with Crippen LogP contribution in [0.4, 0.5) is 0 Å². The van der Waals surface area contributed by atoms with Gasteiger partial charge in [-0.3, -0.25) is 14.2 Å². The summed E-state index contributed by atoms with van der Waals surface area (Å²) in [5.41, 5.74) is 6.95. The number of aliphatic hydroxyl groups excluding tert-OH is 1. The molecule has 2 rings (SSSR count). The highest BCUT2D eigenvalue weighted by Crippen LogP contribution is 2.45. The molecule has 0 bridgehead atoms. The topological polar surface area (TPSA) is 142 Å². The van der Waals surface area contributed by atoms with E-state index in [9.17, 15) is 24.2 Å². The number of hydrogen-bond donors (Lipinski definition) is 5. The normalized spacial score (nSPS) is 19.3. The maximum Gasteiger partial charge on any atom is 0.242 e. The number of carbonyl (C=O) groups is 2. The van der Waals surface area contributed by atoms with Gasteiger partial charge >= 0.3 is 0 Å². The number of rotatable bonds is 12. The third-order valence-electron chi connectivity index (χ3n) is 6.16. The summed E-state index contributed by atoms with van der Waals surface area (Å²) in [6.07, 6.45) is 4.46. The molecule has 0 aromatic heterocycles. The third-order valence-corrected chi connectivity index (χ3v) is 8.24. The van der Waals surface area contributed by atoms with Crippen molar-refractivity contribution in [1.82, 2.24) is 10.6 Å². The van der Waals surface area contributed by atoms with E-state index >= 15 is 0 Å². The molecule has 1 saturated carbocycles. The summed E-state index contributed by atoms with van der Waals surface area (Å²) in [4.78, 5) is 35.5. The average molecular weight is 482 g/mol. The van der Waals surface area contributed by atoms with Gasteiger partial charge in [0.1, 0.15) is 6.04 Å². The van der Waals surface area contributed by atoms with E-state index in [1.54, 1.807) is 13.8 Å². The van der Waals surface area contributed by atoms with Gasteiger partial charge in [0.05, 0.1) is 18.3 Å². The molecule has 0 aliphatic heterocycles. The fourth-order valence-electron chi connectivity index (χ4n) is 4.33. The molecule has 6 N–H and O–H groups in total. The number of hydrogen-bond acceptors (Lipinski definition) is 5. The lowest BCUT2D eigenvalue weighted by Crippen LogP contribution is -2.55. The molecule has 1 unspecified atom stereocenters. The summed E-state index contributed by atoms with van der Waals surface area (Å²) in [5.74, 6) is -0.854. The monoisotopic (exact) mass is 481 g/mol. The van der Waals surface area contributed by atoms with Gasteiger partial charge in [-0.15, -0.1) is 0 Å². The van der Waals surface area contributed by atoms with Crippen LogP contribution < -0.4 is 16.4 Å². The van der Waals surface area contributed by atoms with Crippen LogP contribution in [-0.2, 0) is 20.6 Å². The summed E-state index contributed by atoms with van der Waals surface area (Å²) in [6.45, 7) is 3.45. The summed E-state index contributed by atoms with van der Waals surface area (Å²) >= 11 is 0. The minimum atomic E-state index is -3.48. The minimum Gasteiger partial charge on any atom is -0.391 e. The Morgan fingerprint density at radius 1 is 1.12 bits per heavy atom. The highest BCUT2D eigenvalue weighted by atomic mass is 31.2. The quantitative estimate of drug-likeness (QED) is 0.289. The SMILES string of the molecule is CC(C)[C@@H](NC(=O)[C@@H](N)Cc1ccccc1)C(=O)NC[C@@H](O)CP(=O)(O)CC1CCCCC1. The van der Waals surface area contributed by atoms with Gasteiger partial charge in [0.2, 0.25) is 19.2 Å². The second kappa shape index (κ2) is 13.2. The van der Waals surface area contributed by atoms with E-state index in [1.165, 1.54) is 6.42 Å². The minimum absolute atomic E-state index is 0.150. The zero-order chi connectivity index (χ0) is 24.4. The number of nitrogens with one attached hydrogen (secondary N) is 2.